The van der Waals surface area contributed by atoms with Crippen LogP contribution in [0.25, 0.3) is 0 Å². The van der Waals surface area contributed by atoms with Gasteiger partial charge in [-0.2, -0.15) is 0 Å². The van der Waals surface area contributed by atoms with Gasteiger partial charge in [0.2, 0.25) is 0 Å². The minimum Gasteiger partial charge on any atom is -0.483 e. The molecule has 0 atom stereocenters. The van der Waals surface area contributed by atoms with Gasteiger partial charge in [0.25, 0.3) is 5.91 Å². The summed E-state index contributed by atoms with van der Waals surface area (Å²) in [5.41, 5.74) is -0.0498. The van der Waals surface area contributed by atoms with Crippen LogP contribution in [0.4, 0.5) is 0 Å². The number of hydrogen-bond donors (Lipinski definition) is 2. The fraction of sp³-hybridized carbons (Fsp3) is 0.429. The smallest absolute Gasteiger partial charge is 0.339 e. The predicted octanol–water partition coefficient (Wildman–Crippen LogP) is 2.48. The Kier molecular flexibility index (Phi) is 4.84. The Balaban J connectivity index is 1.93. The zero-order valence-corrected chi connectivity index (χ0v) is 11.7. The van der Waals surface area contributed by atoms with Crippen LogP contribution in [0.15, 0.2) is 18.2 Å². The molecule has 0 radical (unpaired) electrons. The molecule has 0 heterocycles. The van der Waals surface area contributed by atoms with E-state index < -0.39 is 5.97 Å². The molecule has 1 fully saturated rings. The zero-order valence-electron chi connectivity index (χ0n) is 10.9. The Bertz CT molecular complexity index is 512. The van der Waals surface area contributed by atoms with Crippen LogP contribution >= 0.6 is 11.6 Å². The Labute approximate surface area is 121 Å². The number of carbonyl (C=O) groups is 2. The second kappa shape index (κ2) is 6.61. The molecule has 1 saturated carbocycles. The maximum atomic E-state index is 11.7. The maximum absolute atomic E-state index is 11.7. The number of carboxylic acid groups (broad SMARTS) is 1. The standard InChI is InChI=1S/C14H16ClNO4/c15-9-5-6-12(11(7-9)14(18)19)20-8-13(17)16-10-3-1-2-4-10/h5-7,10H,1-4,8H2,(H,16,17)(H,18,19). The summed E-state index contributed by atoms with van der Waals surface area (Å²) in [4.78, 5) is 22.8. The van der Waals surface area contributed by atoms with Gasteiger partial charge in [-0.15, -0.1) is 0 Å². The van der Waals surface area contributed by atoms with Crippen molar-refractivity contribution in [2.45, 2.75) is 31.7 Å². The van der Waals surface area contributed by atoms with Crippen LogP contribution in [0.5, 0.6) is 5.75 Å². The molecule has 0 spiro atoms. The molecule has 0 saturated heterocycles. The van der Waals surface area contributed by atoms with Crippen LogP contribution in [0.1, 0.15) is 36.0 Å². The molecule has 0 bridgehead atoms. The third-order valence-corrected chi connectivity index (χ3v) is 3.49. The highest BCUT2D eigenvalue weighted by atomic mass is 35.5. The first-order valence-corrected chi connectivity index (χ1v) is 6.89. The second-order valence-electron chi connectivity index (χ2n) is 4.78. The highest BCUT2D eigenvalue weighted by molar-refractivity contribution is 6.31. The van der Waals surface area contributed by atoms with Gasteiger partial charge in [0.15, 0.2) is 6.61 Å². The van der Waals surface area contributed by atoms with E-state index in [2.05, 4.69) is 5.32 Å². The van der Waals surface area contributed by atoms with Gasteiger partial charge in [-0.05, 0) is 31.0 Å². The van der Waals surface area contributed by atoms with Crippen LogP contribution in [0.3, 0.4) is 0 Å². The lowest BCUT2D eigenvalue weighted by molar-refractivity contribution is -0.123. The lowest BCUT2D eigenvalue weighted by atomic mass is 10.2. The fourth-order valence-corrected chi connectivity index (χ4v) is 2.45. The molecule has 108 valence electrons. The second-order valence-corrected chi connectivity index (χ2v) is 5.22. The lowest BCUT2D eigenvalue weighted by Gasteiger charge is -2.13. The summed E-state index contributed by atoms with van der Waals surface area (Å²) >= 11 is 5.74. The molecular weight excluding hydrogens is 282 g/mol. The molecule has 0 aromatic heterocycles. The monoisotopic (exact) mass is 297 g/mol. The maximum Gasteiger partial charge on any atom is 0.339 e. The van der Waals surface area contributed by atoms with E-state index in [-0.39, 0.29) is 29.9 Å². The number of halogens is 1. The first-order valence-electron chi connectivity index (χ1n) is 6.51. The van der Waals surface area contributed by atoms with E-state index >= 15 is 0 Å². The topological polar surface area (TPSA) is 75.6 Å². The summed E-state index contributed by atoms with van der Waals surface area (Å²) in [7, 11) is 0. The number of aromatic carboxylic acids is 1. The number of carbonyl (C=O) groups excluding carboxylic acids is 1. The van der Waals surface area contributed by atoms with Crippen molar-refractivity contribution in [3.63, 3.8) is 0 Å². The van der Waals surface area contributed by atoms with E-state index in [1.807, 2.05) is 0 Å². The first kappa shape index (κ1) is 14.7. The predicted molar refractivity (Wildman–Crippen MR) is 74.3 cm³/mol. The van der Waals surface area contributed by atoms with E-state index in [9.17, 15) is 9.59 Å². The van der Waals surface area contributed by atoms with Crippen LogP contribution in [0.2, 0.25) is 5.02 Å². The summed E-state index contributed by atoms with van der Waals surface area (Å²) in [6.07, 6.45) is 4.25. The molecule has 1 aromatic rings. The fourth-order valence-electron chi connectivity index (χ4n) is 2.28. The summed E-state index contributed by atoms with van der Waals surface area (Å²) in [6, 6.07) is 4.50. The molecule has 20 heavy (non-hydrogen) atoms. The van der Waals surface area contributed by atoms with Crippen molar-refractivity contribution in [3.05, 3.63) is 28.8 Å². The van der Waals surface area contributed by atoms with Crippen molar-refractivity contribution >= 4 is 23.5 Å². The molecule has 6 heteroatoms. The van der Waals surface area contributed by atoms with Crippen molar-refractivity contribution in [1.82, 2.24) is 5.32 Å². The number of benzene rings is 1. The quantitative estimate of drug-likeness (QED) is 0.875. The SMILES string of the molecule is O=C(COc1ccc(Cl)cc1C(=O)O)NC1CCCC1. The van der Waals surface area contributed by atoms with Crippen molar-refractivity contribution in [2.24, 2.45) is 0 Å². The van der Waals surface area contributed by atoms with Gasteiger partial charge < -0.3 is 15.2 Å². The van der Waals surface area contributed by atoms with Gasteiger partial charge in [-0.25, -0.2) is 4.79 Å². The summed E-state index contributed by atoms with van der Waals surface area (Å²) in [5, 5.41) is 12.2. The van der Waals surface area contributed by atoms with Gasteiger partial charge in [0, 0.05) is 11.1 Å². The van der Waals surface area contributed by atoms with Crippen LogP contribution < -0.4 is 10.1 Å². The highest BCUT2D eigenvalue weighted by Gasteiger charge is 2.18. The highest BCUT2D eigenvalue weighted by Crippen LogP contribution is 2.23. The Hall–Kier alpha value is -1.75. The molecule has 5 nitrogen and oxygen atoms in total. The van der Waals surface area contributed by atoms with Crippen LogP contribution in [0, 0.1) is 0 Å². The number of hydrogen-bond acceptors (Lipinski definition) is 3. The zero-order chi connectivity index (χ0) is 14.5. The Morgan fingerprint density at radius 1 is 1.35 bits per heavy atom. The molecule has 1 aliphatic carbocycles. The number of carboxylic acids is 1. The number of nitrogens with one attached hydrogen (secondary N) is 1. The van der Waals surface area contributed by atoms with Crippen molar-refractivity contribution < 1.29 is 19.4 Å². The molecular formula is C14H16ClNO4. The third kappa shape index (κ3) is 3.87. The van der Waals surface area contributed by atoms with Gasteiger partial charge in [-0.3, -0.25) is 4.79 Å². The molecule has 2 N–H and O–H groups in total. The number of ether oxygens (including phenoxy) is 1. The summed E-state index contributed by atoms with van der Waals surface area (Å²) in [5.74, 6) is -1.23. The van der Waals surface area contributed by atoms with Gasteiger partial charge in [-0.1, -0.05) is 24.4 Å². The van der Waals surface area contributed by atoms with E-state index in [1.54, 1.807) is 0 Å². The van der Waals surface area contributed by atoms with E-state index in [0.29, 0.717) is 5.02 Å². The van der Waals surface area contributed by atoms with Gasteiger partial charge in [0.1, 0.15) is 11.3 Å². The average Bonchev–Trinajstić information content (AvgIpc) is 2.90. The Morgan fingerprint density at radius 2 is 2.05 bits per heavy atom. The van der Waals surface area contributed by atoms with E-state index in [1.165, 1.54) is 18.2 Å². The van der Waals surface area contributed by atoms with E-state index in [0.717, 1.165) is 25.7 Å². The largest absolute Gasteiger partial charge is 0.483 e. The molecule has 0 aliphatic heterocycles. The molecule has 1 amide bonds. The minimum absolute atomic E-state index is 0.0498. The minimum atomic E-state index is -1.14. The van der Waals surface area contributed by atoms with Crippen LogP contribution in [-0.4, -0.2) is 29.6 Å². The summed E-state index contributed by atoms with van der Waals surface area (Å²) in [6.45, 7) is -0.196. The molecule has 0 unspecified atom stereocenters. The number of rotatable bonds is 5. The molecule has 1 aliphatic rings. The molecule has 1 aromatic carbocycles. The van der Waals surface area contributed by atoms with Crippen molar-refractivity contribution in [2.75, 3.05) is 6.61 Å². The summed E-state index contributed by atoms with van der Waals surface area (Å²) < 4.78 is 5.27. The Morgan fingerprint density at radius 3 is 2.70 bits per heavy atom. The molecule has 2 rings (SSSR count). The van der Waals surface area contributed by atoms with Crippen molar-refractivity contribution in [1.29, 1.82) is 0 Å². The first-order chi connectivity index (χ1) is 9.56. The average molecular weight is 298 g/mol. The van der Waals surface area contributed by atoms with Crippen molar-refractivity contribution in [3.8, 4) is 5.75 Å². The van der Waals surface area contributed by atoms with E-state index in [4.69, 9.17) is 21.4 Å². The lowest BCUT2D eigenvalue weighted by Crippen LogP contribution is -2.36. The van der Waals surface area contributed by atoms with Crippen LogP contribution in [-0.2, 0) is 4.79 Å². The van der Waals surface area contributed by atoms with Gasteiger partial charge >= 0.3 is 5.97 Å². The third-order valence-electron chi connectivity index (χ3n) is 3.25. The van der Waals surface area contributed by atoms with Gasteiger partial charge in [0.05, 0.1) is 0 Å². The number of amides is 1. The normalized spacial score (nSPS) is 15.1.